The van der Waals surface area contributed by atoms with Crippen LogP contribution in [0.2, 0.25) is 0 Å². The summed E-state index contributed by atoms with van der Waals surface area (Å²) in [5, 5.41) is 20.3. The fraction of sp³-hybridized carbons (Fsp3) is 0.444. The third-order valence-corrected chi connectivity index (χ3v) is 4.88. The highest BCUT2D eigenvalue weighted by atomic mass is 16.3. The van der Waals surface area contributed by atoms with E-state index in [0.717, 1.165) is 10.9 Å². The predicted molar refractivity (Wildman–Crippen MR) is 91.0 cm³/mol. The van der Waals surface area contributed by atoms with Crippen LogP contribution in [0, 0.1) is 0 Å². The lowest BCUT2D eigenvalue weighted by molar-refractivity contribution is -0.0250. The van der Waals surface area contributed by atoms with E-state index in [-0.39, 0.29) is 18.1 Å². The second kappa shape index (κ2) is 6.37. The molecule has 128 valence electrons. The van der Waals surface area contributed by atoms with Gasteiger partial charge in [-0.15, -0.1) is 0 Å². The van der Waals surface area contributed by atoms with E-state index in [4.69, 9.17) is 0 Å². The van der Waals surface area contributed by atoms with E-state index in [2.05, 4.69) is 0 Å². The van der Waals surface area contributed by atoms with Crippen LogP contribution >= 0.6 is 0 Å². The Morgan fingerprint density at radius 1 is 1.25 bits per heavy atom. The molecule has 1 aliphatic heterocycles. The zero-order valence-corrected chi connectivity index (χ0v) is 13.7. The van der Waals surface area contributed by atoms with Crippen LogP contribution in [0.1, 0.15) is 29.6 Å². The van der Waals surface area contributed by atoms with Crippen LogP contribution in [-0.2, 0) is 7.05 Å². The van der Waals surface area contributed by atoms with Gasteiger partial charge in [-0.1, -0.05) is 18.2 Å². The molecule has 6 heteroatoms. The number of hydrogen-bond acceptors (Lipinski definition) is 4. The monoisotopic (exact) mass is 330 g/mol. The molecule has 0 saturated carbocycles. The number of carbonyl (C=O) groups excluding carboxylic acids is 1. The number of rotatable bonds is 2. The number of aliphatic hydroxyl groups excluding tert-OH is 1. The number of pyridine rings is 1. The van der Waals surface area contributed by atoms with Crippen molar-refractivity contribution in [1.29, 1.82) is 0 Å². The molecule has 0 unspecified atom stereocenters. The molecule has 0 bridgehead atoms. The molecule has 2 heterocycles. The van der Waals surface area contributed by atoms with Crippen LogP contribution < -0.4 is 5.56 Å². The van der Waals surface area contributed by atoms with Crippen molar-refractivity contribution in [2.75, 3.05) is 19.7 Å². The van der Waals surface area contributed by atoms with Crippen molar-refractivity contribution in [3.63, 3.8) is 0 Å². The number of aromatic nitrogens is 1. The van der Waals surface area contributed by atoms with E-state index in [9.17, 15) is 19.8 Å². The Morgan fingerprint density at radius 2 is 2.00 bits per heavy atom. The van der Waals surface area contributed by atoms with Crippen LogP contribution in [0.3, 0.4) is 0 Å². The van der Waals surface area contributed by atoms with Crippen molar-refractivity contribution in [2.45, 2.75) is 24.9 Å². The van der Waals surface area contributed by atoms with Gasteiger partial charge in [-0.25, -0.2) is 0 Å². The van der Waals surface area contributed by atoms with Gasteiger partial charge >= 0.3 is 0 Å². The number of carbonyl (C=O) groups is 1. The molecule has 6 nitrogen and oxygen atoms in total. The van der Waals surface area contributed by atoms with Crippen molar-refractivity contribution in [2.24, 2.45) is 7.05 Å². The van der Waals surface area contributed by atoms with Gasteiger partial charge in [-0.3, -0.25) is 9.59 Å². The van der Waals surface area contributed by atoms with E-state index in [1.54, 1.807) is 11.9 Å². The molecule has 0 spiro atoms. The standard InChI is InChI=1S/C18H22N2O4/c1-19-15-6-3-2-5-13(15)14(11-16(19)22)17(23)20-9-4-7-18(24,12-21)8-10-20/h2-3,5-6,11,21,24H,4,7-10,12H2,1H3/t18-/m0/s1. The lowest BCUT2D eigenvalue weighted by atomic mass is 9.96. The van der Waals surface area contributed by atoms with Gasteiger partial charge in [0.2, 0.25) is 0 Å². The Bertz CT molecular complexity index is 829. The predicted octanol–water partition coefficient (Wildman–Crippen LogP) is 0.888. The van der Waals surface area contributed by atoms with Gasteiger partial charge in [0.1, 0.15) is 0 Å². The number of para-hydroxylation sites is 1. The highest BCUT2D eigenvalue weighted by molar-refractivity contribution is 6.06. The molecular formula is C18H22N2O4. The maximum atomic E-state index is 13.0. The van der Waals surface area contributed by atoms with Crippen LogP contribution in [0.15, 0.2) is 35.1 Å². The van der Waals surface area contributed by atoms with Crippen molar-refractivity contribution >= 4 is 16.8 Å². The van der Waals surface area contributed by atoms with Crippen LogP contribution in [0.4, 0.5) is 0 Å². The molecule has 3 rings (SSSR count). The van der Waals surface area contributed by atoms with Gasteiger partial charge in [-0.05, 0) is 25.3 Å². The fourth-order valence-electron chi connectivity index (χ4n) is 3.30. The minimum absolute atomic E-state index is 0.203. The Balaban J connectivity index is 1.98. The van der Waals surface area contributed by atoms with E-state index in [0.29, 0.717) is 37.9 Å². The van der Waals surface area contributed by atoms with Crippen LogP contribution in [-0.4, -0.2) is 50.9 Å². The summed E-state index contributed by atoms with van der Waals surface area (Å²) in [6, 6.07) is 8.72. The molecule has 1 fully saturated rings. The average molecular weight is 330 g/mol. The maximum Gasteiger partial charge on any atom is 0.254 e. The SMILES string of the molecule is Cn1c(=O)cc(C(=O)N2CCC[C@@](O)(CO)CC2)c2ccccc21. The number of amides is 1. The fourth-order valence-corrected chi connectivity index (χ4v) is 3.30. The van der Waals surface area contributed by atoms with E-state index >= 15 is 0 Å². The Morgan fingerprint density at radius 3 is 2.75 bits per heavy atom. The third kappa shape index (κ3) is 2.95. The number of aliphatic hydroxyl groups is 2. The first-order chi connectivity index (χ1) is 11.4. The smallest absolute Gasteiger partial charge is 0.254 e. The van der Waals surface area contributed by atoms with E-state index < -0.39 is 5.60 Å². The number of nitrogens with zero attached hydrogens (tertiary/aromatic N) is 2. The van der Waals surface area contributed by atoms with Gasteiger partial charge in [0.25, 0.3) is 11.5 Å². The first-order valence-corrected chi connectivity index (χ1v) is 8.16. The third-order valence-electron chi connectivity index (χ3n) is 4.88. The van der Waals surface area contributed by atoms with Gasteiger partial charge in [-0.2, -0.15) is 0 Å². The van der Waals surface area contributed by atoms with Crippen LogP contribution in [0.25, 0.3) is 10.9 Å². The molecule has 1 aromatic heterocycles. The van der Waals surface area contributed by atoms with E-state index in [1.165, 1.54) is 10.6 Å². The first kappa shape index (κ1) is 16.7. The first-order valence-electron chi connectivity index (χ1n) is 8.16. The number of benzene rings is 1. The Kier molecular flexibility index (Phi) is 4.43. The van der Waals surface area contributed by atoms with Gasteiger partial charge < -0.3 is 19.7 Å². The number of aryl methyl sites for hydroxylation is 1. The summed E-state index contributed by atoms with van der Waals surface area (Å²) in [7, 11) is 1.69. The molecule has 24 heavy (non-hydrogen) atoms. The second-order valence-corrected chi connectivity index (χ2v) is 6.50. The molecule has 2 aromatic rings. The molecule has 1 saturated heterocycles. The highest BCUT2D eigenvalue weighted by Gasteiger charge is 2.31. The van der Waals surface area contributed by atoms with Gasteiger partial charge in [0, 0.05) is 31.6 Å². The van der Waals surface area contributed by atoms with Crippen molar-refractivity contribution < 1.29 is 15.0 Å². The Labute approximate surface area is 139 Å². The number of fused-ring (bicyclic) bond motifs is 1. The summed E-state index contributed by atoms with van der Waals surface area (Å²) in [6.45, 7) is 0.563. The highest BCUT2D eigenvalue weighted by Crippen LogP contribution is 2.24. The van der Waals surface area contributed by atoms with Crippen molar-refractivity contribution in [1.82, 2.24) is 9.47 Å². The topological polar surface area (TPSA) is 82.8 Å². The average Bonchev–Trinajstić information content (AvgIpc) is 2.80. The molecule has 1 aromatic carbocycles. The lowest BCUT2D eigenvalue weighted by Crippen LogP contribution is -2.37. The maximum absolute atomic E-state index is 13.0. The molecular weight excluding hydrogens is 308 g/mol. The summed E-state index contributed by atoms with van der Waals surface area (Å²) < 4.78 is 1.53. The normalized spacial score (nSPS) is 21.7. The largest absolute Gasteiger partial charge is 0.393 e. The number of likely N-dealkylation sites (tertiary alicyclic amines) is 1. The molecule has 1 amide bonds. The zero-order valence-electron chi connectivity index (χ0n) is 13.7. The summed E-state index contributed by atoms with van der Waals surface area (Å²) in [5.74, 6) is -0.203. The summed E-state index contributed by atoms with van der Waals surface area (Å²) in [4.78, 5) is 26.8. The van der Waals surface area contributed by atoms with E-state index in [1.807, 2.05) is 24.3 Å². The summed E-state index contributed by atoms with van der Waals surface area (Å²) in [6.07, 6.45) is 1.41. The molecule has 0 radical (unpaired) electrons. The van der Waals surface area contributed by atoms with Gasteiger partial charge in [0.15, 0.2) is 0 Å². The van der Waals surface area contributed by atoms with Gasteiger partial charge in [0.05, 0.1) is 23.3 Å². The zero-order chi connectivity index (χ0) is 17.3. The lowest BCUT2D eigenvalue weighted by Gasteiger charge is -2.24. The van der Waals surface area contributed by atoms with Crippen molar-refractivity contribution in [3.05, 3.63) is 46.2 Å². The minimum atomic E-state index is -1.12. The summed E-state index contributed by atoms with van der Waals surface area (Å²) >= 11 is 0. The molecule has 1 atom stereocenters. The minimum Gasteiger partial charge on any atom is -0.393 e. The van der Waals surface area contributed by atoms with Crippen molar-refractivity contribution in [3.8, 4) is 0 Å². The molecule has 2 N–H and O–H groups in total. The molecule has 1 aliphatic rings. The second-order valence-electron chi connectivity index (χ2n) is 6.50. The van der Waals surface area contributed by atoms with Crippen LogP contribution in [0.5, 0.6) is 0 Å². The number of hydrogen-bond donors (Lipinski definition) is 2. The summed E-state index contributed by atoms with van der Waals surface area (Å²) in [5.41, 5.74) is -0.235. The Hall–Kier alpha value is -2.18. The quantitative estimate of drug-likeness (QED) is 0.857. The molecule has 0 aliphatic carbocycles.